The molecule has 2 atom stereocenters. The molecule has 0 unspecified atom stereocenters. The van der Waals surface area contributed by atoms with Crippen molar-refractivity contribution in [1.82, 2.24) is 19.6 Å². The van der Waals surface area contributed by atoms with Gasteiger partial charge in [0.2, 0.25) is 5.91 Å². The van der Waals surface area contributed by atoms with Crippen molar-refractivity contribution < 1.29 is 18.0 Å². The third-order valence-electron chi connectivity index (χ3n) is 4.59. The summed E-state index contributed by atoms with van der Waals surface area (Å²) in [5.41, 5.74) is 1.09. The van der Waals surface area contributed by atoms with E-state index in [1.165, 1.54) is 6.92 Å². The molecule has 9 heteroatoms. The van der Waals surface area contributed by atoms with Gasteiger partial charge in [0.25, 0.3) is 5.91 Å². The number of carbonyl (C=O) groups excluding carboxylic acids is 2. The number of amides is 2. The maximum absolute atomic E-state index is 12.8. The topological polar surface area (TPSA) is 92.6 Å². The highest BCUT2D eigenvalue weighted by Gasteiger charge is 2.49. The van der Waals surface area contributed by atoms with Gasteiger partial charge in [0.15, 0.2) is 9.84 Å². The SMILES string of the molecule is CC(=O)N1CCN(C(=O)c2cn(C)nc2C)[C@H]2CS(=O)(=O)C[C@H]21. The Labute approximate surface area is 135 Å². The number of aromatic nitrogens is 2. The fourth-order valence-electron chi connectivity index (χ4n) is 3.56. The Balaban J connectivity index is 1.93. The fourth-order valence-corrected chi connectivity index (χ4v) is 5.54. The van der Waals surface area contributed by atoms with Crippen LogP contribution < -0.4 is 0 Å². The predicted molar refractivity (Wildman–Crippen MR) is 82.6 cm³/mol. The average molecular weight is 340 g/mol. The minimum atomic E-state index is -3.26. The first kappa shape index (κ1) is 16.0. The molecule has 0 spiro atoms. The molecule has 3 heterocycles. The number of piperazine rings is 1. The van der Waals surface area contributed by atoms with Gasteiger partial charge < -0.3 is 9.80 Å². The molecular formula is C14H20N4O4S. The Bertz CT molecular complexity index is 770. The molecule has 0 bridgehead atoms. The van der Waals surface area contributed by atoms with E-state index in [0.29, 0.717) is 24.3 Å². The first-order valence-electron chi connectivity index (χ1n) is 7.48. The molecule has 126 valence electrons. The molecule has 2 aliphatic rings. The maximum Gasteiger partial charge on any atom is 0.257 e. The van der Waals surface area contributed by atoms with Crippen LogP contribution in [0.1, 0.15) is 23.0 Å². The quantitative estimate of drug-likeness (QED) is 0.667. The molecule has 1 aromatic heterocycles. The van der Waals surface area contributed by atoms with Crippen LogP contribution in [0.4, 0.5) is 0 Å². The largest absolute Gasteiger partial charge is 0.335 e. The van der Waals surface area contributed by atoms with Gasteiger partial charge in [-0.15, -0.1) is 0 Å². The molecule has 2 amide bonds. The van der Waals surface area contributed by atoms with Crippen LogP contribution in [0.3, 0.4) is 0 Å². The first-order valence-corrected chi connectivity index (χ1v) is 9.30. The van der Waals surface area contributed by atoms with E-state index >= 15 is 0 Å². The van der Waals surface area contributed by atoms with E-state index < -0.39 is 21.9 Å². The predicted octanol–water partition coefficient (Wildman–Crippen LogP) is -0.802. The van der Waals surface area contributed by atoms with E-state index in [4.69, 9.17) is 0 Å². The normalized spacial score (nSPS) is 26.2. The molecule has 0 radical (unpaired) electrons. The highest BCUT2D eigenvalue weighted by Crippen LogP contribution is 2.28. The third-order valence-corrected chi connectivity index (χ3v) is 6.28. The van der Waals surface area contributed by atoms with Gasteiger partial charge in [0.1, 0.15) is 0 Å². The van der Waals surface area contributed by atoms with Crippen molar-refractivity contribution in [3.63, 3.8) is 0 Å². The van der Waals surface area contributed by atoms with Crippen molar-refractivity contribution in [2.75, 3.05) is 24.6 Å². The fraction of sp³-hybridized carbons (Fsp3) is 0.643. The highest BCUT2D eigenvalue weighted by atomic mass is 32.2. The van der Waals surface area contributed by atoms with Crippen LogP contribution in [0.2, 0.25) is 0 Å². The zero-order chi connectivity index (χ0) is 16.9. The van der Waals surface area contributed by atoms with Gasteiger partial charge in [-0.1, -0.05) is 0 Å². The van der Waals surface area contributed by atoms with Gasteiger partial charge in [-0.2, -0.15) is 5.10 Å². The van der Waals surface area contributed by atoms with Crippen molar-refractivity contribution in [2.24, 2.45) is 7.05 Å². The molecule has 8 nitrogen and oxygen atoms in total. The zero-order valence-electron chi connectivity index (χ0n) is 13.4. The summed E-state index contributed by atoms with van der Waals surface area (Å²) in [5, 5.41) is 4.17. The van der Waals surface area contributed by atoms with E-state index in [2.05, 4.69) is 5.10 Å². The summed E-state index contributed by atoms with van der Waals surface area (Å²) in [6.45, 7) is 3.88. The molecular weight excluding hydrogens is 320 g/mol. The number of nitrogens with zero attached hydrogens (tertiary/aromatic N) is 4. The molecule has 0 saturated carbocycles. The number of hydrogen-bond acceptors (Lipinski definition) is 5. The van der Waals surface area contributed by atoms with Gasteiger partial charge in [0, 0.05) is 33.3 Å². The lowest BCUT2D eigenvalue weighted by Gasteiger charge is -2.43. The summed E-state index contributed by atoms with van der Waals surface area (Å²) in [4.78, 5) is 27.8. The molecule has 2 aliphatic heterocycles. The number of carbonyl (C=O) groups is 2. The zero-order valence-corrected chi connectivity index (χ0v) is 14.2. The van der Waals surface area contributed by atoms with E-state index in [9.17, 15) is 18.0 Å². The lowest BCUT2D eigenvalue weighted by Crippen LogP contribution is -2.61. The van der Waals surface area contributed by atoms with Gasteiger partial charge >= 0.3 is 0 Å². The Morgan fingerprint density at radius 2 is 1.74 bits per heavy atom. The molecule has 3 rings (SSSR count). The van der Waals surface area contributed by atoms with Crippen molar-refractivity contribution in [2.45, 2.75) is 25.9 Å². The van der Waals surface area contributed by atoms with Crippen LogP contribution in [0.25, 0.3) is 0 Å². The highest BCUT2D eigenvalue weighted by molar-refractivity contribution is 7.91. The number of aryl methyl sites for hydroxylation is 2. The van der Waals surface area contributed by atoms with Crippen LogP contribution in [0.15, 0.2) is 6.20 Å². The molecule has 0 aliphatic carbocycles. The summed E-state index contributed by atoms with van der Waals surface area (Å²) >= 11 is 0. The summed E-state index contributed by atoms with van der Waals surface area (Å²) in [6.07, 6.45) is 1.65. The van der Waals surface area contributed by atoms with Crippen LogP contribution >= 0.6 is 0 Å². The summed E-state index contributed by atoms with van der Waals surface area (Å²) < 4.78 is 25.7. The minimum Gasteiger partial charge on any atom is -0.335 e. The number of sulfone groups is 1. The van der Waals surface area contributed by atoms with Crippen molar-refractivity contribution in [1.29, 1.82) is 0 Å². The Kier molecular flexibility index (Phi) is 3.70. The maximum atomic E-state index is 12.8. The van der Waals surface area contributed by atoms with Crippen LogP contribution in [-0.2, 0) is 21.7 Å². The first-order chi connectivity index (χ1) is 10.7. The van der Waals surface area contributed by atoms with Crippen molar-refractivity contribution in [3.05, 3.63) is 17.5 Å². The lowest BCUT2D eigenvalue weighted by atomic mass is 10.0. The standard InChI is InChI=1S/C14H20N4O4S/c1-9-11(6-16(3)15-9)14(20)18-5-4-17(10(2)19)12-7-23(21,22)8-13(12)18/h6,12-13H,4-5,7-8H2,1-3H3/t12-,13+/m1/s1. The van der Waals surface area contributed by atoms with E-state index in [1.54, 1.807) is 34.6 Å². The second-order valence-electron chi connectivity index (χ2n) is 6.22. The molecule has 0 aromatic carbocycles. The van der Waals surface area contributed by atoms with Gasteiger partial charge in [-0.05, 0) is 6.92 Å². The number of hydrogen-bond donors (Lipinski definition) is 0. The number of rotatable bonds is 1. The van der Waals surface area contributed by atoms with Crippen molar-refractivity contribution in [3.8, 4) is 0 Å². The van der Waals surface area contributed by atoms with E-state index in [0.717, 1.165) is 0 Å². The number of fused-ring (bicyclic) bond motifs is 1. The van der Waals surface area contributed by atoms with E-state index in [1.807, 2.05) is 0 Å². The minimum absolute atomic E-state index is 0.0763. The Hall–Kier alpha value is -1.90. The molecule has 0 N–H and O–H groups in total. The van der Waals surface area contributed by atoms with Crippen LogP contribution in [0.5, 0.6) is 0 Å². The van der Waals surface area contributed by atoms with Crippen molar-refractivity contribution >= 4 is 21.7 Å². The average Bonchev–Trinajstić information content (AvgIpc) is 2.94. The van der Waals surface area contributed by atoms with Gasteiger partial charge in [0.05, 0.1) is 34.8 Å². The molecule has 1 aromatic rings. The molecule has 2 fully saturated rings. The van der Waals surface area contributed by atoms with Gasteiger partial charge in [-0.3, -0.25) is 14.3 Å². The molecule has 23 heavy (non-hydrogen) atoms. The Morgan fingerprint density at radius 1 is 1.17 bits per heavy atom. The van der Waals surface area contributed by atoms with Crippen LogP contribution in [-0.4, -0.2) is 76.5 Å². The second kappa shape index (κ2) is 5.33. The monoisotopic (exact) mass is 340 g/mol. The Morgan fingerprint density at radius 3 is 2.26 bits per heavy atom. The van der Waals surface area contributed by atoms with Gasteiger partial charge in [-0.25, -0.2) is 8.42 Å². The summed E-state index contributed by atoms with van der Waals surface area (Å²) in [7, 11) is -1.52. The molecule has 2 saturated heterocycles. The summed E-state index contributed by atoms with van der Waals surface area (Å²) in [5.74, 6) is -0.535. The smallest absolute Gasteiger partial charge is 0.257 e. The summed E-state index contributed by atoms with van der Waals surface area (Å²) in [6, 6.07) is -0.933. The van der Waals surface area contributed by atoms with E-state index in [-0.39, 0.29) is 23.3 Å². The van der Waals surface area contributed by atoms with Crippen LogP contribution in [0, 0.1) is 6.92 Å². The lowest BCUT2D eigenvalue weighted by molar-refractivity contribution is -0.133. The third kappa shape index (κ3) is 2.73. The second-order valence-corrected chi connectivity index (χ2v) is 8.38.